The van der Waals surface area contributed by atoms with Crippen LogP contribution in [0.4, 0.5) is 0 Å². The van der Waals surface area contributed by atoms with Crippen LogP contribution >= 0.6 is 0 Å². The van der Waals surface area contributed by atoms with E-state index in [1.54, 1.807) is 0 Å². The maximum absolute atomic E-state index is 12.5. The molecule has 0 unspecified atom stereocenters. The minimum atomic E-state index is -2.19. The van der Waals surface area contributed by atoms with Gasteiger partial charge in [-0.3, -0.25) is 9.59 Å². The number of hydrogen-bond donors (Lipinski definition) is 0. The Balaban J connectivity index is 5.20. The number of carbonyl (C=O) groups is 2. The third kappa shape index (κ3) is 7.62. The van der Waals surface area contributed by atoms with Crippen molar-refractivity contribution in [3.05, 3.63) is 0 Å². The van der Waals surface area contributed by atoms with Gasteiger partial charge in [-0.2, -0.15) is 0 Å². The Morgan fingerprint density at radius 1 is 0.800 bits per heavy atom. The number of esters is 1. The monoisotopic (exact) mass is 390 g/mol. The fourth-order valence-corrected chi connectivity index (χ4v) is 4.00. The van der Waals surface area contributed by atoms with Crippen LogP contribution in [-0.2, 0) is 23.2 Å². The molecular formula is C18H38O5Si2. The van der Waals surface area contributed by atoms with Gasteiger partial charge in [-0.1, -0.05) is 41.5 Å². The SMILES string of the molecule is COC(=O)C[C@H](CC(=O)O[Si](C)(C)C(C)(C)C)O[Si](C)(C)C(C)(C)C. The number of hydrogen-bond acceptors (Lipinski definition) is 5. The third-order valence-corrected chi connectivity index (χ3v) is 14.3. The molecule has 0 N–H and O–H groups in total. The summed E-state index contributed by atoms with van der Waals surface area (Å²) in [6.45, 7) is 20.9. The Hall–Kier alpha value is -0.666. The van der Waals surface area contributed by atoms with Crippen LogP contribution in [0.25, 0.3) is 0 Å². The first-order valence-electron chi connectivity index (χ1n) is 8.89. The van der Waals surface area contributed by atoms with Crippen molar-refractivity contribution in [3.63, 3.8) is 0 Å². The lowest BCUT2D eigenvalue weighted by molar-refractivity contribution is -0.144. The van der Waals surface area contributed by atoms with Crippen LogP contribution in [0.3, 0.4) is 0 Å². The summed E-state index contributed by atoms with van der Waals surface area (Å²) >= 11 is 0. The lowest BCUT2D eigenvalue weighted by Crippen LogP contribution is -2.46. The largest absolute Gasteiger partial charge is 0.519 e. The van der Waals surface area contributed by atoms with Crippen LogP contribution < -0.4 is 0 Å². The molecule has 25 heavy (non-hydrogen) atoms. The molecular weight excluding hydrogens is 352 g/mol. The average molecular weight is 391 g/mol. The second kappa shape index (κ2) is 8.35. The van der Waals surface area contributed by atoms with Crippen molar-refractivity contribution >= 4 is 28.6 Å². The normalized spacial score (nSPS) is 14.8. The molecule has 0 rings (SSSR count). The Bertz CT molecular complexity index is 473. The first-order valence-corrected chi connectivity index (χ1v) is 14.7. The number of methoxy groups -OCH3 is 1. The lowest BCUT2D eigenvalue weighted by atomic mass is 10.2. The smallest absolute Gasteiger partial charge is 0.308 e. The van der Waals surface area contributed by atoms with Crippen molar-refractivity contribution in [1.29, 1.82) is 0 Å². The summed E-state index contributed by atoms with van der Waals surface area (Å²) in [5.74, 6) is -0.664. The third-order valence-electron chi connectivity index (χ3n) is 5.46. The molecule has 0 amide bonds. The fraction of sp³-hybridized carbons (Fsp3) is 0.889. The number of carbonyl (C=O) groups excluding carboxylic acids is 2. The van der Waals surface area contributed by atoms with Crippen LogP contribution in [0.2, 0.25) is 36.3 Å². The van der Waals surface area contributed by atoms with E-state index in [2.05, 4.69) is 54.6 Å². The molecule has 0 aliphatic carbocycles. The van der Waals surface area contributed by atoms with Crippen LogP contribution in [-0.4, -0.2) is 41.8 Å². The van der Waals surface area contributed by atoms with Crippen molar-refractivity contribution in [2.24, 2.45) is 0 Å². The van der Waals surface area contributed by atoms with Crippen LogP contribution in [0.15, 0.2) is 0 Å². The zero-order valence-corrected chi connectivity index (χ0v) is 20.0. The first kappa shape index (κ1) is 24.3. The molecule has 1 atom stereocenters. The van der Waals surface area contributed by atoms with Crippen molar-refractivity contribution in [1.82, 2.24) is 0 Å². The molecule has 0 aliphatic heterocycles. The van der Waals surface area contributed by atoms with E-state index in [0.29, 0.717) is 0 Å². The molecule has 7 heteroatoms. The van der Waals surface area contributed by atoms with Crippen LogP contribution in [0.1, 0.15) is 54.4 Å². The maximum Gasteiger partial charge on any atom is 0.308 e. The highest BCUT2D eigenvalue weighted by Gasteiger charge is 2.42. The minimum Gasteiger partial charge on any atom is -0.519 e. The highest BCUT2D eigenvalue weighted by Crippen LogP contribution is 2.39. The molecule has 0 aromatic carbocycles. The summed E-state index contributed by atoms with van der Waals surface area (Å²) in [4.78, 5) is 24.3. The van der Waals surface area contributed by atoms with E-state index in [9.17, 15) is 9.59 Å². The van der Waals surface area contributed by atoms with Gasteiger partial charge >= 0.3 is 5.97 Å². The van der Waals surface area contributed by atoms with Gasteiger partial charge in [0, 0.05) is 0 Å². The van der Waals surface area contributed by atoms with Gasteiger partial charge < -0.3 is 13.6 Å². The second-order valence-electron chi connectivity index (χ2n) is 9.72. The van der Waals surface area contributed by atoms with E-state index < -0.39 is 22.7 Å². The number of ether oxygens (including phenoxy) is 1. The molecule has 5 nitrogen and oxygen atoms in total. The lowest BCUT2D eigenvalue weighted by Gasteiger charge is -2.39. The van der Waals surface area contributed by atoms with Gasteiger partial charge in [-0.05, 0) is 36.3 Å². The maximum atomic E-state index is 12.5. The van der Waals surface area contributed by atoms with Gasteiger partial charge in [0.1, 0.15) is 0 Å². The van der Waals surface area contributed by atoms with E-state index >= 15 is 0 Å². The van der Waals surface area contributed by atoms with Crippen LogP contribution in [0.5, 0.6) is 0 Å². The fourth-order valence-electron chi connectivity index (χ4n) is 1.68. The summed E-state index contributed by atoms with van der Waals surface area (Å²) in [6.07, 6.45) is -0.366. The molecule has 0 spiro atoms. The predicted octanol–water partition coefficient (Wildman–Crippen LogP) is 4.88. The van der Waals surface area contributed by atoms with Crippen LogP contribution in [0, 0.1) is 0 Å². The molecule has 0 aromatic rings. The van der Waals surface area contributed by atoms with E-state index in [1.165, 1.54) is 7.11 Å². The van der Waals surface area contributed by atoms with Gasteiger partial charge in [0.15, 0.2) is 8.32 Å². The highest BCUT2D eigenvalue weighted by molar-refractivity contribution is 6.75. The molecule has 148 valence electrons. The molecule has 0 heterocycles. The zero-order valence-electron chi connectivity index (χ0n) is 18.0. The predicted molar refractivity (Wildman–Crippen MR) is 107 cm³/mol. The Morgan fingerprint density at radius 2 is 1.20 bits per heavy atom. The van der Waals surface area contributed by atoms with Gasteiger partial charge in [0.05, 0.1) is 26.1 Å². The van der Waals surface area contributed by atoms with Crippen molar-refractivity contribution < 1.29 is 23.2 Å². The molecule has 0 bridgehead atoms. The Labute approximate surface area is 156 Å². The summed E-state index contributed by atoms with van der Waals surface area (Å²) in [5.41, 5.74) is 0. The summed E-state index contributed by atoms with van der Waals surface area (Å²) in [6, 6.07) is 0. The molecule has 0 saturated carbocycles. The van der Waals surface area contributed by atoms with Gasteiger partial charge in [0.25, 0.3) is 14.3 Å². The summed E-state index contributed by atoms with van der Waals surface area (Å²) < 4.78 is 16.9. The highest BCUT2D eigenvalue weighted by atomic mass is 28.4. The molecule has 0 radical (unpaired) electrons. The van der Waals surface area contributed by atoms with E-state index in [4.69, 9.17) is 13.6 Å². The second-order valence-corrected chi connectivity index (χ2v) is 19.2. The Kier molecular flexibility index (Phi) is 8.13. The molecule has 0 fully saturated rings. The number of rotatable bonds is 7. The zero-order chi connectivity index (χ0) is 20.3. The first-order chi connectivity index (χ1) is 10.9. The van der Waals surface area contributed by atoms with Crippen molar-refractivity contribution in [3.8, 4) is 0 Å². The quantitative estimate of drug-likeness (QED) is 0.458. The van der Waals surface area contributed by atoms with E-state index in [1.807, 2.05) is 13.1 Å². The Morgan fingerprint density at radius 3 is 1.56 bits per heavy atom. The van der Waals surface area contributed by atoms with Gasteiger partial charge in [-0.15, -0.1) is 0 Å². The van der Waals surface area contributed by atoms with E-state index in [-0.39, 0.29) is 34.9 Å². The standard InChI is InChI=1S/C18H38O5Si2/c1-17(2,3)24(8,9)22-14(12-15(19)21-7)13-16(20)23-25(10,11)18(4,5)6/h14H,12-13H2,1-11H3/t14-/m1/s1. The van der Waals surface area contributed by atoms with Crippen molar-refractivity contribution in [2.75, 3.05) is 7.11 Å². The molecule has 0 saturated heterocycles. The minimum absolute atomic E-state index is 0.00922. The van der Waals surface area contributed by atoms with Gasteiger partial charge in [-0.25, -0.2) is 0 Å². The van der Waals surface area contributed by atoms with E-state index in [0.717, 1.165) is 0 Å². The molecule has 0 aliphatic rings. The topological polar surface area (TPSA) is 61.8 Å². The summed E-state index contributed by atoms with van der Waals surface area (Å²) in [5, 5.41) is -0.0640. The molecule has 0 aromatic heterocycles. The van der Waals surface area contributed by atoms with Crippen molar-refractivity contribution in [2.45, 2.75) is 96.8 Å². The average Bonchev–Trinajstić information content (AvgIpc) is 2.34. The van der Waals surface area contributed by atoms with Gasteiger partial charge in [0.2, 0.25) is 0 Å². The summed E-state index contributed by atoms with van der Waals surface area (Å²) in [7, 11) is -2.96.